The normalized spacial score (nSPS) is 11.1. The molecule has 0 saturated carbocycles. The Kier molecular flexibility index (Phi) is 5.74. The molecule has 2 heterocycles. The van der Waals surface area contributed by atoms with Crippen LogP contribution in [0.5, 0.6) is 0 Å². The lowest BCUT2D eigenvalue weighted by molar-refractivity contribution is -0.384. The zero-order chi connectivity index (χ0) is 20.1. The second-order valence-electron chi connectivity index (χ2n) is 6.36. The minimum absolute atomic E-state index is 0.000113. The Morgan fingerprint density at radius 1 is 1.25 bits per heavy atom. The molecule has 3 rings (SSSR count). The number of aryl methyl sites for hydroxylation is 1. The van der Waals surface area contributed by atoms with Crippen LogP contribution in [0.1, 0.15) is 28.3 Å². The summed E-state index contributed by atoms with van der Waals surface area (Å²) in [5.74, 6) is 0.383. The number of nitrogens with zero attached hydrogens (tertiary/aromatic N) is 2. The van der Waals surface area contributed by atoms with Crippen LogP contribution in [0.25, 0.3) is 6.08 Å². The summed E-state index contributed by atoms with van der Waals surface area (Å²) in [4.78, 5) is 22.2. The van der Waals surface area contributed by atoms with Gasteiger partial charge in [-0.05, 0) is 61.4 Å². The first-order valence-electron chi connectivity index (χ1n) is 8.71. The predicted molar refractivity (Wildman–Crippen MR) is 104 cm³/mol. The summed E-state index contributed by atoms with van der Waals surface area (Å²) in [6, 6.07) is 11.7. The van der Waals surface area contributed by atoms with Crippen molar-refractivity contribution in [3.8, 4) is 0 Å². The van der Waals surface area contributed by atoms with Crippen molar-refractivity contribution in [2.75, 3.05) is 0 Å². The first kappa shape index (κ1) is 19.2. The van der Waals surface area contributed by atoms with E-state index in [1.807, 2.05) is 32.0 Å². The van der Waals surface area contributed by atoms with E-state index in [-0.39, 0.29) is 12.3 Å². The summed E-state index contributed by atoms with van der Waals surface area (Å²) in [6.07, 6.45) is 4.74. The molecule has 0 saturated heterocycles. The van der Waals surface area contributed by atoms with Crippen LogP contribution in [0.2, 0.25) is 0 Å². The zero-order valence-corrected chi connectivity index (χ0v) is 15.6. The molecule has 0 N–H and O–H groups in total. The zero-order valence-electron chi connectivity index (χ0n) is 15.6. The SMILES string of the molecule is Cc1cc(/C=C/C(=O)OCc2ccc([N+](=O)[O-])cc2)c(C)n1Cc1ccco1. The van der Waals surface area contributed by atoms with Gasteiger partial charge < -0.3 is 13.7 Å². The molecule has 1 aromatic carbocycles. The lowest BCUT2D eigenvalue weighted by atomic mass is 10.2. The number of carbonyl (C=O) groups excluding carboxylic acids is 1. The molecule has 0 atom stereocenters. The Labute approximate surface area is 162 Å². The van der Waals surface area contributed by atoms with Crippen molar-refractivity contribution in [2.45, 2.75) is 27.0 Å². The van der Waals surface area contributed by atoms with Crippen molar-refractivity contribution in [3.63, 3.8) is 0 Å². The molecular formula is C21H20N2O5. The van der Waals surface area contributed by atoms with Crippen LogP contribution in [-0.4, -0.2) is 15.5 Å². The predicted octanol–water partition coefficient (Wildman–Crippen LogP) is 4.41. The highest BCUT2D eigenvalue weighted by molar-refractivity contribution is 5.87. The number of furan rings is 1. The van der Waals surface area contributed by atoms with Gasteiger partial charge in [0.25, 0.3) is 5.69 Å². The Morgan fingerprint density at radius 2 is 2.00 bits per heavy atom. The fourth-order valence-electron chi connectivity index (χ4n) is 2.87. The highest BCUT2D eigenvalue weighted by Crippen LogP contribution is 2.19. The molecule has 7 heteroatoms. The number of rotatable bonds is 7. The van der Waals surface area contributed by atoms with Gasteiger partial charge in [0, 0.05) is 29.6 Å². The number of nitro groups is 1. The molecule has 0 unspecified atom stereocenters. The minimum Gasteiger partial charge on any atom is -0.467 e. The van der Waals surface area contributed by atoms with Gasteiger partial charge in [-0.15, -0.1) is 0 Å². The van der Waals surface area contributed by atoms with E-state index in [0.29, 0.717) is 12.1 Å². The largest absolute Gasteiger partial charge is 0.467 e. The summed E-state index contributed by atoms with van der Waals surface area (Å²) in [6.45, 7) is 4.67. The van der Waals surface area contributed by atoms with E-state index in [1.54, 1.807) is 24.5 Å². The van der Waals surface area contributed by atoms with Crippen LogP contribution in [0.15, 0.2) is 59.2 Å². The van der Waals surface area contributed by atoms with Crippen molar-refractivity contribution in [3.05, 3.63) is 93.2 Å². The quantitative estimate of drug-likeness (QED) is 0.262. The number of carbonyl (C=O) groups is 1. The number of esters is 1. The molecule has 0 bridgehead atoms. The smallest absolute Gasteiger partial charge is 0.331 e. The maximum absolute atomic E-state index is 12.0. The molecule has 28 heavy (non-hydrogen) atoms. The van der Waals surface area contributed by atoms with Gasteiger partial charge in [-0.25, -0.2) is 4.79 Å². The number of ether oxygens (including phenoxy) is 1. The second-order valence-corrected chi connectivity index (χ2v) is 6.36. The maximum atomic E-state index is 12.0. The number of hydrogen-bond acceptors (Lipinski definition) is 5. The van der Waals surface area contributed by atoms with Crippen molar-refractivity contribution < 1.29 is 18.9 Å². The Morgan fingerprint density at radius 3 is 2.64 bits per heavy atom. The van der Waals surface area contributed by atoms with Gasteiger partial charge in [-0.3, -0.25) is 10.1 Å². The topological polar surface area (TPSA) is 87.5 Å². The van der Waals surface area contributed by atoms with Gasteiger partial charge in [0.15, 0.2) is 0 Å². The first-order chi connectivity index (χ1) is 13.4. The van der Waals surface area contributed by atoms with Gasteiger partial charge in [0.2, 0.25) is 0 Å². The van der Waals surface area contributed by atoms with Crippen LogP contribution >= 0.6 is 0 Å². The fourth-order valence-corrected chi connectivity index (χ4v) is 2.87. The van der Waals surface area contributed by atoms with E-state index < -0.39 is 10.9 Å². The summed E-state index contributed by atoms with van der Waals surface area (Å²) in [5.41, 5.74) is 3.70. The molecule has 0 aliphatic rings. The molecule has 0 radical (unpaired) electrons. The average molecular weight is 380 g/mol. The monoisotopic (exact) mass is 380 g/mol. The Hall–Kier alpha value is -3.61. The standard InChI is InChI=1S/C21H20N2O5/c1-15-12-18(16(2)22(15)13-20-4-3-11-27-20)7-10-21(24)28-14-17-5-8-19(9-6-17)23(25)26/h3-12H,13-14H2,1-2H3/b10-7+. The van der Waals surface area contributed by atoms with E-state index in [4.69, 9.17) is 9.15 Å². The van der Waals surface area contributed by atoms with Crippen LogP contribution in [0.4, 0.5) is 5.69 Å². The average Bonchev–Trinajstić information content (AvgIpc) is 3.29. The van der Waals surface area contributed by atoms with E-state index in [1.165, 1.54) is 18.2 Å². The summed E-state index contributed by atoms with van der Waals surface area (Å²) in [7, 11) is 0. The first-order valence-corrected chi connectivity index (χ1v) is 8.71. The molecule has 144 valence electrons. The fraction of sp³-hybridized carbons (Fsp3) is 0.190. The van der Waals surface area contributed by atoms with Crippen LogP contribution in [0, 0.1) is 24.0 Å². The molecular weight excluding hydrogens is 360 g/mol. The minimum atomic E-state index is -0.478. The summed E-state index contributed by atoms with van der Waals surface area (Å²) in [5, 5.41) is 10.6. The highest BCUT2D eigenvalue weighted by Gasteiger charge is 2.10. The third-order valence-corrected chi connectivity index (χ3v) is 4.43. The Balaban J connectivity index is 1.60. The lowest BCUT2D eigenvalue weighted by Gasteiger charge is -2.07. The lowest BCUT2D eigenvalue weighted by Crippen LogP contribution is -2.03. The number of hydrogen-bond donors (Lipinski definition) is 0. The van der Waals surface area contributed by atoms with Crippen molar-refractivity contribution in [1.29, 1.82) is 0 Å². The van der Waals surface area contributed by atoms with E-state index >= 15 is 0 Å². The number of nitro benzene ring substituents is 1. The molecule has 0 aliphatic heterocycles. The molecule has 3 aromatic rings. The summed E-state index contributed by atoms with van der Waals surface area (Å²) >= 11 is 0. The van der Waals surface area contributed by atoms with Crippen molar-refractivity contribution in [2.24, 2.45) is 0 Å². The number of non-ortho nitro benzene ring substituents is 1. The van der Waals surface area contributed by atoms with Crippen LogP contribution < -0.4 is 0 Å². The highest BCUT2D eigenvalue weighted by atomic mass is 16.6. The van der Waals surface area contributed by atoms with Crippen LogP contribution in [0.3, 0.4) is 0 Å². The van der Waals surface area contributed by atoms with Crippen molar-refractivity contribution in [1.82, 2.24) is 4.57 Å². The maximum Gasteiger partial charge on any atom is 0.331 e. The third kappa shape index (κ3) is 4.56. The molecule has 0 aliphatic carbocycles. The van der Waals surface area contributed by atoms with Crippen molar-refractivity contribution >= 4 is 17.7 Å². The van der Waals surface area contributed by atoms with Gasteiger partial charge in [-0.1, -0.05) is 0 Å². The second kappa shape index (κ2) is 8.39. The Bertz CT molecular complexity index is 998. The molecule has 7 nitrogen and oxygen atoms in total. The van der Waals surface area contributed by atoms with E-state index in [2.05, 4.69) is 4.57 Å². The third-order valence-electron chi connectivity index (χ3n) is 4.43. The molecule has 0 fully saturated rings. The van der Waals surface area contributed by atoms with Gasteiger partial charge in [0.05, 0.1) is 17.7 Å². The van der Waals surface area contributed by atoms with E-state index in [9.17, 15) is 14.9 Å². The summed E-state index contributed by atoms with van der Waals surface area (Å²) < 4.78 is 12.7. The van der Waals surface area contributed by atoms with Gasteiger partial charge in [0.1, 0.15) is 12.4 Å². The molecule has 2 aromatic heterocycles. The molecule has 0 spiro atoms. The van der Waals surface area contributed by atoms with Gasteiger partial charge in [-0.2, -0.15) is 0 Å². The van der Waals surface area contributed by atoms with Crippen LogP contribution in [-0.2, 0) is 22.7 Å². The number of benzene rings is 1. The molecule has 0 amide bonds. The van der Waals surface area contributed by atoms with E-state index in [0.717, 1.165) is 22.7 Å². The number of aromatic nitrogens is 1. The van der Waals surface area contributed by atoms with Gasteiger partial charge >= 0.3 is 5.97 Å².